The lowest BCUT2D eigenvalue weighted by Gasteiger charge is -2.18. The van der Waals surface area contributed by atoms with Crippen LogP contribution in [-0.2, 0) is 6.42 Å². The number of hydrogen-bond acceptors (Lipinski definition) is 3. The Labute approximate surface area is 133 Å². The molecule has 1 aromatic heterocycles. The molecule has 20 heavy (non-hydrogen) atoms. The second kappa shape index (κ2) is 7.81. The molecule has 0 saturated carbocycles. The van der Waals surface area contributed by atoms with Gasteiger partial charge in [0.05, 0.1) is 10.9 Å². The van der Waals surface area contributed by atoms with Gasteiger partial charge in [0, 0.05) is 6.04 Å². The molecule has 0 saturated heterocycles. The first kappa shape index (κ1) is 15.5. The Balaban J connectivity index is 2.10. The van der Waals surface area contributed by atoms with Crippen molar-refractivity contribution < 1.29 is 4.74 Å². The quantitative estimate of drug-likeness (QED) is 0.771. The first-order valence-electron chi connectivity index (χ1n) is 6.83. The molecule has 0 aliphatic carbocycles. The molecule has 0 amide bonds. The van der Waals surface area contributed by atoms with E-state index in [0.29, 0.717) is 6.04 Å². The molecule has 1 aromatic carbocycles. The van der Waals surface area contributed by atoms with Gasteiger partial charge in [-0.3, -0.25) is 0 Å². The van der Waals surface area contributed by atoms with Gasteiger partial charge in [-0.1, -0.05) is 19.1 Å². The number of hydrogen-bond donors (Lipinski definition) is 1. The highest BCUT2D eigenvalue weighted by Crippen LogP contribution is 2.27. The topological polar surface area (TPSA) is 21.3 Å². The molecule has 2 nitrogen and oxygen atoms in total. The van der Waals surface area contributed by atoms with Crippen molar-refractivity contribution in [1.29, 1.82) is 0 Å². The maximum Gasteiger partial charge on any atom is 0.118 e. The fraction of sp³-hybridized carbons (Fsp3) is 0.375. The van der Waals surface area contributed by atoms with Crippen molar-refractivity contribution in [2.75, 3.05) is 13.7 Å². The summed E-state index contributed by atoms with van der Waals surface area (Å²) < 4.78 is 6.39. The maximum absolute atomic E-state index is 5.21. The second-order valence-corrected chi connectivity index (χ2v) is 7.03. The van der Waals surface area contributed by atoms with Crippen LogP contribution in [0.5, 0.6) is 5.75 Å². The van der Waals surface area contributed by atoms with Crippen molar-refractivity contribution in [2.24, 2.45) is 0 Å². The number of nitrogens with one attached hydrogen (secondary N) is 1. The zero-order valence-electron chi connectivity index (χ0n) is 11.9. The number of benzene rings is 1. The molecule has 1 unspecified atom stereocenters. The molecule has 0 bridgehead atoms. The van der Waals surface area contributed by atoms with Crippen LogP contribution in [0.15, 0.2) is 39.5 Å². The average molecular weight is 354 g/mol. The van der Waals surface area contributed by atoms with Crippen molar-refractivity contribution in [1.82, 2.24) is 5.32 Å². The molecule has 0 aliphatic rings. The molecule has 4 heteroatoms. The summed E-state index contributed by atoms with van der Waals surface area (Å²) in [6.45, 7) is 3.23. The Morgan fingerprint density at radius 2 is 2.05 bits per heavy atom. The molecule has 2 aromatic rings. The van der Waals surface area contributed by atoms with Crippen molar-refractivity contribution >= 4 is 27.3 Å². The molecule has 1 atom stereocenters. The van der Waals surface area contributed by atoms with Crippen LogP contribution in [0.25, 0.3) is 0 Å². The van der Waals surface area contributed by atoms with E-state index in [0.717, 1.165) is 25.1 Å². The number of ether oxygens (including phenoxy) is 1. The Morgan fingerprint density at radius 1 is 1.30 bits per heavy atom. The standard InChI is InChI=1S/C16H20BrNOS/c1-3-8-18-15(13-10-16(17)20-11-13)9-12-4-6-14(19-2)7-5-12/h4-7,10-11,15,18H,3,8-9H2,1-2H3. The van der Waals surface area contributed by atoms with E-state index in [9.17, 15) is 0 Å². The SMILES string of the molecule is CCCNC(Cc1ccc(OC)cc1)c1csc(Br)c1. The lowest BCUT2D eigenvalue weighted by Crippen LogP contribution is -2.23. The second-order valence-electron chi connectivity index (χ2n) is 4.74. The smallest absolute Gasteiger partial charge is 0.118 e. The molecule has 1 heterocycles. The summed E-state index contributed by atoms with van der Waals surface area (Å²) in [4.78, 5) is 0. The predicted octanol–water partition coefficient (Wildman–Crippen LogP) is 4.80. The summed E-state index contributed by atoms with van der Waals surface area (Å²) >= 11 is 5.29. The average Bonchev–Trinajstić information content (AvgIpc) is 2.90. The third kappa shape index (κ3) is 4.33. The lowest BCUT2D eigenvalue weighted by atomic mass is 10.0. The first-order valence-corrected chi connectivity index (χ1v) is 8.50. The molecule has 0 aliphatic heterocycles. The third-order valence-corrected chi connectivity index (χ3v) is 4.75. The minimum atomic E-state index is 0.367. The highest BCUT2D eigenvalue weighted by atomic mass is 79.9. The normalized spacial score (nSPS) is 12.3. The van der Waals surface area contributed by atoms with Crippen LogP contribution < -0.4 is 10.1 Å². The number of thiophene rings is 1. The van der Waals surface area contributed by atoms with Crippen LogP contribution >= 0.6 is 27.3 Å². The lowest BCUT2D eigenvalue weighted by molar-refractivity contribution is 0.414. The van der Waals surface area contributed by atoms with Gasteiger partial charge in [-0.25, -0.2) is 0 Å². The minimum absolute atomic E-state index is 0.367. The van der Waals surface area contributed by atoms with Gasteiger partial charge in [-0.2, -0.15) is 0 Å². The summed E-state index contributed by atoms with van der Waals surface area (Å²) in [6, 6.07) is 10.9. The molecular formula is C16H20BrNOS. The van der Waals surface area contributed by atoms with E-state index in [1.807, 2.05) is 12.1 Å². The van der Waals surface area contributed by atoms with Gasteiger partial charge in [0.1, 0.15) is 5.75 Å². The maximum atomic E-state index is 5.21. The summed E-state index contributed by atoms with van der Waals surface area (Å²) in [5.41, 5.74) is 2.67. The van der Waals surface area contributed by atoms with Crippen LogP contribution in [-0.4, -0.2) is 13.7 Å². The van der Waals surface area contributed by atoms with Gasteiger partial charge in [0.15, 0.2) is 0 Å². The molecular weight excluding hydrogens is 334 g/mol. The Hall–Kier alpha value is -0.840. The zero-order chi connectivity index (χ0) is 14.4. The van der Waals surface area contributed by atoms with E-state index in [2.05, 4.69) is 51.7 Å². The van der Waals surface area contributed by atoms with E-state index < -0.39 is 0 Å². The van der Waals surface area contributed by atoms with Gasteiger partial charge >= 0.3 is 0 Å². The Morgan fingerprint density at radius 3 is 2.60 bits per heavy atom. The van der Waals surface area contributed by atoms with Crippen LogP contribution in [0.1, 0.15) is 30.5 Å². The molecule has 0 fully saturated rings. The van der Waals surface area contributed by atoms with E-state index in [-0.39, 0.29) is 0 Å². The summed E-state index contributed by atoms with van der Waals surface area (Å²) in [7, 11) is 1.70. The highest BCUT2D eigenvalue weighted by Gasteiger charge is 2.13. The summed E-state index contributed by atoms with van der Waals surface area (Å²) in [6.07, 6.45) is 2.14. The van der Waals surface area contributed by atoms with E-state index >= 15 is 0 Å². The zero-order valence-corrected chi connectivity index (χ0v) is 14.3. The molecule has 2 rings (SSSR count). The van der Waals surface area contributed by atoms with Gasteiger partial charge in [-0.15, -0.1) is 11.3 Å². The van der Waals surface area contributed by atoms with Crippen molar-refractivity contribution in [3.63, 3.8) is 0 Å². The molecule has 1 N–H and O–H groups in total. The largest absolute Gasteiger partial charge is 0.497 e. The molecule has 0 spiro atoms. The van der Waals surface area contributed by atoms with Crippen molar-refractivity contribution in [3.05, 3.63) is 50.6 Å². The highest BCUT2D eigenvalue weighted by molar-refractivity contribution is 9.11. The molecule has 108 valence electrons. The van der Waals surface area contributed by atoms with E-state index in [1.54, 1.807) is 18.4 Å². The van der Waals surface area contributed by atoms with Gasteiger partial charge in [0.2, 0.25) is 0 Å². The van der Waals surface area contributed by atoms with Crippen molar-refractivity contribution in [3.8, 4) is 5.75 Å². The van der Waals surface area contributed by atoms with Crippen LogP contribution in [0.3, 0.4) is 0 Å². The van der Waals surface area contributed by atoms with Crippen LogP contribution in [0.2, 0.25) is 0 Å². The number of halogens is 1. The van der Waals surface area contributed by atoms with Gasteiger partial charge < -0.3 is 10.1 Å². The van der Waals surface area contributed by atoms with Gasteiger partial charge in [-0.05, 0) is 70.0 Å². The van der Waals surface area contributed by atoms with Crippen LogP contribution in [0.4, 0.5) is 0 Å². The monoisotopic (exact) mass is 353 g/mol. The number of rotatable bonds is 7. The van der Waals surface area contributed by atoms with Gasteiger partial charge in [0.25, 0.3) is 0 Å². The fourth-order valence-corrected chi connectivity index (χ4v) is 3.36. The Bertz CT molecular complexity index is 524. The third-order valence-electron chi connectivity index (χ3n) is 3.23. The summed E-state index contributed by atoms with van der Waals surface area (Å²) in [5.74, 6) is 0.907. The van der Waals surface area contributed by atoms with Crippen molar-refractivity contribution in [2.45, 2.75) is 25.8 Å². The predicted molar refractivity (Wildman–Crippen MR) is 89.8 cm³/mol. The Kier molecular flexibility index (Phi) is 6.07. The minimum Gasteiger partial charge on any atom is -0.497 e. The number of methoxy groups -OCH3 is 1. The fourth-order valence-electron chi connectivity index (χ4n) is 2.13. The first-order chi connectivity index (χ1) is 9.72. The molecule has 0 radical (unpaired) electrons. The van der Waals surface area contributed by atoms with E-state index in [4.69, 9.17) is 4.74 Å². The summed E-state index contributed by atoms with van der Waals surface area (Å²) in [5, 5.41) is 5.85. The van der Waals surface area contributed by atoms with Crippen LogP contribution in [0, 0.1) is 0 Å². The van der Waals surface area contributed by atoms with E-state index in [1.165, 1.54) is 14.9 Å².